The molecule has 0 spiro atoms. The van der Waals surface area contributed by atoms with Crippen LogP contribution in [0.4, 0.5) is 13.2 Å². The van der Waals surface area contributed by atoms with Crippen LogP contribution in [0.3, 0.4) is 0 Å². The number of alkyl halides is 3. The van der Waals surface area contributed by atoms with Crippen LogP contribution in [0, 0.1) is 0 Å². The standard InChI is InChI=1S/C13H10F3N3O3/c1-2-22-12(21)8-5-10(18-19-11(8)20)9-4-3-7(6-17-9)13(14,15)16/h3-6H,2H2,1H3,(H,19,20)/p+1. The summed E-state index contributed by atoms with van der Waals surface area (Å²) in [5.74, 6) is -0.834. The number of aromatic amines is 2. The van der Waals surface area contributed by atoms with E-state index < -0.39 is 23.3 Å². The van der Waals surface area contributed by atoms with Gasteiger partial charge >= 0.3 is 12.1 Å². The third-order valence-corrected chi connectivity index (χ3v) is 2.71. The number of nitrogens with zero attached hydrogens (tertiary/aromatic N) is 1. The van der Waals surface area contributed by atoms with Gasteiger partial charge < -0.3 is 4.74 Å². The molecule has 0 amide bonds. The monoisotopic (exact) mass is 314 g/mol. The minimum Gasteiger partial charge on any atom is -0.462 e. The van der Waals surface area contributed by atoms with E-state index >= 15 is 0 Å². The second kappa shape index (κ2) is 5.96. The molecule has 116 valence electrons. The van der Waals surface area contributed by atoms with Crippen LogP contribution in [0.15, 0.2) is 29.2 Å². The fourth-order valence-corrected chi connectivity index (χ4v) is 1.66. The Labute approximate surface area is 122 Å². The Balaban J connectivity index is 2.39. The van der Waals surface area contributed by atoms with Gasteiger partial charge in [-0.05, 0) is 19.1 Å². The van der Waals surface area contributed by atoms with E-state index in [0.29, 0.717) is 0 Å². The summed E-state index contributed by atoms with van der Waals surface area (Å²) in [4.78, 5) is 25.6. The lowest BCUT2D eigenvalue weighted by molar-refractivity contribution is -0.368. The number of halogens is 3. The van der Waals surface area contributed by atoms with Crippen molar-refractivity contribution in [1.82, 2.24) is 10.2 Å². The molecule has 2 aromatic heterocycles. The van der Waals surface area contributed by atoms with Crippen molar-refractivity contribution in [2.75, 3.05) is 6.61 Å². The van der Waals surface area contributed by atoms with Gasteiger partial charge in [-0.3, -0.25) is 4.79 Å². The van der Waals surface area contributed by atoms with Crippen LogP contribution in [0.5, 0.6) is 0 Å². The minimum atomic E-state index is -4.47. The van der Waals surface area contributed by atoms with E-state index in [9.17, 15) is 22.8 Å². The first-order chi connectivity index (χ1) is 10.3. The van der Waals surface area contributed by atoms with Crippen LogP contribution in [0.2, 0.25) is 0 Å². The predicted molar refractivity (Wildman–Crippen MR) is 67.8 cm³/mol. The SMILES string of the molecule is CCOC(=O)c1cc(-c2ccc(C(F)(F)F)c[nH+]2)n[nH]c1=O. The van der Waals surface area contributed by atoms with Crippen molar-refractivity contribution in [2.24, 2.45) is 0 Å². The molecule has 0 aromatic carbocycles. The molecule has 0 aliphatic carbocycles. The topological polar surface area (TPSA) is 86.2 Å². The van der Waals surface area contributed by atoms with E-state index in [-0.39, 0.29) is 23.6 Å². The quantitative estimate of drug-likeness (QED) is 0.869. The smallest absolute Gasteiger partial charge is 0.422 e. The Bertz CT molecular complexity index is 739. The van der Waals surface area contributed by atoms with E-state index in [4.69, 9.17) is 4.74 Å². The van der Waals surface area contributed by atoms with Gasteiger partial charge in [0.05, 0.1) is 6.61 Å². The number of H-pyrrole nitrogens is 2. The molecule has 9 heteroatoms. The van der Waals surface area contributed by atoms with Crippen LogP contribution in [-0.2, 0) is 10.9 Å². The first-order valence-electron chi connectivity index (χ1n) is 6.19. The normalized spacial score (nSPS) is 11.3. The summed E-state index contributed by atoms with van der Waals surface area (Å²) in [6.07, 6.45) is -3.70. The van der Waals surface area contributed by atoms with Crippen LogP contribution in [-0.4, -0.2) is 22.8 Å². The molecule has 0 aliphatic rings. The number of rotatable bonds is 3. The predicted octanol–water partition coefficient (Wildman–Crippen LogP) is 1.45. The highest BCUT2D eigenvalue weighted by molar-refractivity contribution is 5.89. The molecule has 0 fully saturated rings. The summed E-state index contributed by atoms with van der Waals surface area (Å²) >= 11 is 0. The minimum absolute atomic E-state index is 0.0856. The van der Waals surface area contributed by atoms with E-state index in [0.717, 1.165) is 24.4 Å². The average molecular weight is 314 g/mol. The summed E-state index contributed by atoms with van der Waals surface area (Å²) in [5.41, 5.74) is -1.56. The number of carbonyl (C=O) groups is 1. The number of esters is 1. The Kier molecular flexibility index (Phi) is 4.25. The van der Waals surface area contributed by atoms with E-state index in [1.807, 2.05) is 0 Å². The average Bonchev–Trinajstić information content (AvgIpc) is 2.47. The maximum atomic E-state index is 12.5. The summed E-state index contributed by atoms with van der Waals surface area (Å²) in [6, 6.07) is 3.16. The largest absolute Gasteiger partial charge is 0.462 e. The summed E-state index contributed by atoms with van der Waals surface area (Å²) in [5, 5.41) is 5.79. The van der Waals surface area contributed by atoms with Crippen molar-refractivity contribution in [3.05, 3.63) is 45.9 Å². The zero-order valence-corrected chi connectivity index (χ0v) is 11.3. The zero-order valence-electron chi connectivity index (χ0n) is 11.3. The highest BCUT2D eigenvalue weighted by atomic mass is 19.4. The zero-order chi connectivity index (χ0) is 16.3. The molecule has 0 aliphatic heterocycles. The second-order valence-electron chi connectivity index (χ2n) is 4.21. The molecule has 2 rings (SSSR count). The molecule has 2 heterocycles. The molecule has 2 N–H and O–H groups in total. The summed E-state index contributed by atoms with van der Waals surface area (Å²) < 4.78 is 42.2. The van der Waals surface area contributed by atoms with Crippen molar-refractivity contribution in [3.8, 4) is 11.4 Å². The number of carbonyl (C=O) groups excluding carboxylic acids is 1. The van der Waals surface area contributed by atoms with Crippen molar-refractivity contribution < 1.29 is 27.7 Å². The molecular weight excluding hydrogens is 303 g/mol. The molecular formula is C13H11F3N3O3+. The molecule has 22 heavy (non-hydrogen) atoms. The van der Waals surface area contributed by atoms with Gasteiger partial charge in [-0.15, -0.1) is 0 Å². The molecule has 0 atom stereocenters. The lowest BCUT2D eigenvalue weighted by atomic mass is 10.2. The number of hydrogen-bond donors (Lipinski definition) is 1. The highest BCUT2D eigenvalue weighted by Crippen LogP contribution is 2.28. The van der Waals surface area contributed by atoms with E-state index in [2.05, 4.69) is 15.2 Å². The van der Waals surface area contributed by atoms with Gasteiger partial charge in [0.1, 0.15) is 11.1 Å². The molecule has 0 saturated heterocycles. The molecule has 0 unspecified atom stereocenters. The van der Waals surface area contributed by atoms with Crippen molar-refractivity contribution in [3.63, 3.8) is 0 Å². The van der Waals surface area contributed by atoms with Gasteiger partial charge in [-0.2, -0.15) is 18.3 Å². The van der Waals surface area contributed by atoms with Crippen LogP contribution < -0.4 is 10.5 Å². The van der Waals surface area contributed by atoms with Crippen molar-refractivity contribution in [1.29, 1.82) is 0 Å². The lowest BCUT2D eigenvalue weighted by Gasteiger charge is -2.04. The molecule has 0 radical (unpaired) electrons. The number of hydrogen-bond acceptors (Lipinski definition) is 4. The molecule has 0 saturated carbocycles. The summed E-state index contributed by atoms with van der Waals surface area (Å²) in [7, 11) is 0. The Morgan fingerprint density at radius 2 is 2.14 bits per heavy atom. The fraction of sp³-hybridized carbons (Fsp3) is 0.231. The Hall–Kier alpha value is -2.71. The van der Waals surface area contributed by atoms with Gasteiger partial charge in [0.25, 0.3) is 5.56 Å². The third kappa shape index (κ3) is 3.30. The highest BCUT2D eigenvalue weighted by Gasteiger charge is 2.32. The first kappa shape index (κ1) is 15.7. The number of ether oxygens (including phenoxy) is 1. The lowest BCUT2D eigenvalue weighted by Crippen LogP contribution is -2.22. The maximum Gasteiger partial charge on any atom is 0.422 e. The van der Waals surface area contributed by atoms with Crippen molar-refractivity contribution >= 4 is 5.97 Å². The van der Waals surface area contributed by atoms with Crippen LogP contribution in [0.25, 0.3) is 11.4 Å². The summed E-state index contributed by atoms with van der Waals surface area (Å²) in [6.45, 7) is 1.67. The first-order valence-corrected chi connectivity index (χ1v) is 6.19. The van der Waals surface area contributed by atoms with Crippen molar-refractivity contribution in [2.45, 2.75) is 13.1 Å². The maximum absolute atomic E-state index is 12.5. The molecule has 0 bridgehead atoms. The Morgan fingerprint density at radius 1 is 1.41 bits per heavy atom. The third-order valence-electron chi connectivity index (χ3n) is 2.71. The van der Waals surface area contributed by atoms with Gasteiger partial charge in [0.15, 0.2) is 11.9 Å². The molecule has 6 nitrogen and oxygen atoms in total. The van der Waals surface area contributed by atoms with Gasteiger partial charge in [0, 0.05) is 6.07 Å². The van der Waals surface area contributed by atoms with E-state index in [1.54, 1.807) is 6.92 Å². The number of pyridine rings is 1. The Morgan fingerprint density at radius 3 is 2.68 bits per heavy atom. The fourth-order valence-electron chi connectivity index (χ4n) is 1.66. The van der Waals surface area contributed by atoms with E-state index in [1.165, 1.54) is 0 Å². The van der Waals surface area contributed by atoms with Gasteiger partial charge in [-0.25, -0.2) is 14.9 Å². The molecule has 2 aromatic rings. The van der Waals surface area contributed by atoms with Crippen LogP contribution >= 0.6 is 0 Å². The number of nitrogens with one attached hydrogen (secondary N) is 2. The van der Waals surface area contributed by atoms with Crippen LogP contribution in [0.1, 0.15) is 22.8 Å². The number of aromatic nitrogens is 3. The second-order valence-corrected chi connectivity index (χ2v) is 4.21. The van der Waals surface area contributed by atoms with Gasteiger partial charge in [0.2, 0.25) is 5.69 Å². The van der Waals surface area contributed by atoms with Gasteiger partial charge in [-0.1, -0.05) is 0 Å².